The van der Waals surface area contributed by atoms with Gasteiger partial charge in [0.25, 0.3) is 5.91 Å². The second-order valence-electron chi connectivity index (χ2n) is 8.85. The number of aliphatic hydroxyl groups is 1. The molecule has 182 valence electrons. The maximum atomic E-state index is 12.7. The Morgan fingerprint density at radius 3 is 2.50 bits per heavy atom. The molecule has 3 N–H and O–H groups in total. The van der Waals surface area contributed by atoms with Crippen molar-refractivity contribution < 1.29 is 24.2 Å². The molecule has 8 heteroatoms. The van der Waals surface area contributed by atoms with Gasteiger partial charge in [0.2, 0.25) is 5.91 Å². The standard InChI is InChI=1S/C26H33N3O5/c1-33-24-12-18(13-25(31)29-8-10-34-11-9-29)6-7-23(24)26(32)28-17-22(30)16-27-21-14-19-4-2-3-5-20(19)15-21/h2-7,12,21-22,27,30H,8-11,13-17H2,1H3,(H,28,32)/t22-/m0/s1. The lowest BCUT2D eigenvalue weighted by atomic mass is 10.1. The number of hydrogen-bond acceptors (Lipinski definition) is 6. The first kappa shape index (κ1) is 24.2. The number of ether oxygens (including phenoxy) is 2. The van der Waals surface area contributed by atoms with Crippen LogP contribution in [0.5, 0.6) is 5.75 Å². The molecule has 2 aromatic rings. The molecule has 0 saturated carbocycles. The van der Waals surface area contributed by atoms with Gasteiger partial charge in [-0.15, -0.1) is 0 Å². The van der Waals surface area contributed by atoms with E-state index in [9.17, 15) is 14.7 Å². The Balaban J connectivity index is 1.24. The number of morpholine rings is 1. The zero-order valence-corrected chi connectivity index (χ0v) is 19.6. The molecule has 1 heterocycles. The summed E-state index contributed by atoms with van der Waals surface area (Å²) in [4.78, 5) is 27.0. The summed E-state index contributed by atoms with van der Waals surface area (Å²) >= 11 is 0. The molecule has 0 unspecified atom stereocenters. The van der Waals surface area contributed by atoms with Crippen LogP contribution in [0.4, 0.5) is 0 Å². The highest BCUT2D eigenvalue weighted by molar-refractivity contribution is 5.97. The van der Waals surface area contributed by atoms with E-state index >= 15 is 0 Å². The van der Waals surface area contributed by atoms with E-state index in [1.165, 1.54) is 18.2 Å². The van der Waals surface area contributed by atoms with Gasteiger partial charge < -0.3 is 30.1 Å². The molecule has 8 nitrogen and oxygen atoms in total. The average Bonchev–Trinajstić information content (AvgIpc) is 3.29. The Labute approximate surface area is 200 Å². The van der Waals surface area contributed by atoms with E-state index in [0.29, 0.717) is 50.2 Å². The van der Waals surface area contributed by atoms with E-state index in [2.05, 4.69) is 34.9 Å². The zero-order chi connectivity index (χ0) is 23.9. The van der Waals surface area contributed by atoms with Crippen molar-refractivity contribution in [3.8, 4) is 5.75 Å². The van der Waals surface area contributed by atoms with Gasteiger partial charge in [-0.05, 0) is 41.7 Å². The summed E-state index contributed by atoms with van der Waals surface area (Å²) in [6.07, 6.45) is 1.44. The first-order chi connectivity index (χ1) is 16.5. The van der Waals surface area contributed by atoms with Crippen LogP contribution in [0.2, 0.25) is 0 Å². The fourth-order valence-electron chi connectivity index (χ4n) is 4.52. The number of hydrogen-bond donors (Lipinski definition) is 3. The van der Waals surface area contributed by atoms with Crippen molar-refractivity contribution >= 4 is 11.8 Å². The molecule has 2 amide bonds. The van der Waals surface area contributed by atoms with Crippen LogP contribution in [0.3, 0.4) is 0 Å². The Morgan fingerprint density at radius 2 is 1.82 bits per heavy atom. The molecule has 1 atom stereocenters. The molecule has 1 fully saturated rings. The highest BCUT2D eigenvalue weighted by Gasteiger charge is 2.22. The van der Waals surface area contributed by atoms with Gasteiger partial charge in [-0.3, -0.25) is 9.59 Å². The number of carbonyl (C=O) groups excluding carboxylic acids is 2. The molecular weight excluding hydrogens is 434 g/mol. The highest BCUT2D eigenvalue weighted by Crippen LogP contribution is 2.22. The molecule has 2 aliphatic rings. The fourth-order valence-corrected chi connectivity index (χ4v) is 4.52. The minimum atomic E-state index is -0.705. The van der Waals surface area contributed by atoms with Crippen LogP contribution in [0.15, 0.2) is 42.5 Å². The van der Waals surface area contributed by atoms with Gasteiger partial charge in [0.15, 0.2) is 0 Å². The third-order valence-corrected chi connectivity index (χ3v) is 6.42. The first-order valence-electron chi connectivity index (χ1n) is 11.8. The highest BCUT2D eigenvalue weighted by atomic mass is 16.5. The smallest absolute Gasteiger partial charge is 0.255 e. The maximum absolute atomic E-state index is 12.7. The van der Waals surface area contributed by atoms with Gasteiger partial charge in [-0.2, -0.15) is 0 Å². The van der Waals surface area contributed by atoms with Crippen molar-refractivity contribution in [2.45, 2.75) is 31.4 Å². The van der Waals surface area contributed by atoms with Crippen molar-refractivity contribution in [1.82, 2.24) is 15.5 Å². The van der Waals surface area contributed by atoms with E-state index < -0.39 is 6.10 Å². The Kier molecular flexibility index (Phi) is 8.16. The van der Waals surface area contributed by atoms with Crippen LogP contribution in [-0.4, -0.2) is 80.5 Å². The third kappa shape index (κ3) is 6.14. The van der Waals surface area contributed by atoms with Gasteiger partial charge >= 0.3 is 0 Å². The normalized spacial score (nSPS) is 16.7. The van der Waals surface area contributed by atoms with E-state index in [1.807, 2.05) is 0 Å². The van der Waals surface area contributed by atoms with Crippen LogP contribution in [-0.2, 0) is 28.8 Å². The zero-order valence-electron chi connectivity index (χ0n) is 19.6. The van der Waals surface area contributed by atoms with Gasteiger partial charge in [0.1, 0.15) is 5.75 Å². The molecule has 1 saturated heterocycles. The average molecular weight is 468 g/mol. The number of nitrogens with one attached hydrogen (secondary N) is 2. The molecule has 0 spiro atoms. The number of nitrogens with zero attached hydrogens (tertiary/aromatic N) is 1. The van der Waals surface area contributed by atoms with Gasteiger partial charge in [-0.25, -0.2) is 0 Å². The van der Waals surface area contributed by atoms with Crippen LogP contribution in [0.1, 0.15) is 27.0 Å². The number of aliphatic hydroxyl groups excluding tert-OH is 1. The summed E-state index contributed by atoms with van der Waals surface area (Å²) < 4.78 is 10.7. The van der Waals surface area contributed by atoms with Crippen LogP contribution >= 0.6 is 0 Å². The van der Waals surface area contributed by atoms with E-state index in [4.69, 9.17) is 9.47 Å². The second kappa shape index (κ2) is 11.5. The Morgan fingerprint density at radius 1 is 1.12 bits per heavy atom. The summed E-state index contributed by atoms with van der Waals surface area (Å²) in [5, 5.41) is 16.5. The predicted molar refractivity (Wildman–Crippen MR) is 128 cm³/mol. The molecule has 1 aliphatic carbocycles. The lowest BCUT2D eigenvalue weighted by molar-refractivity contribution is -0.134. The van der Waals surface area contributed by atoms with Crippen molar-refractivity contribution in [1.29, 1.82) is 0 Å². The summed E-state index contributed by atoms with van der Waals surface area (Å²) in [6.45, 7) is 2.85. The monoisotopic (exact) mass is 467 g/mol. The van der Waals surface area contributed by atoms with Gasteiger partial charge in [-0.1, -0.05) is 30.3 Å². The lowest BCUT2D eigenvalue weighted by Crippen LogP contribution is -2.42. The number of methoxy groups -OCH3 is 1. The van der Waals surface area contributed by atoms with E-state index in [0.717, 1.165) is 18.4 Å². The van der Waals surface area contributed by atoms with Crippen LogP contribution in [0.25, 0.3) is 0 Å². The molecule has 34 heavy (non-hydrogen) atoms. The van der Waals surface area contributed by atoms with E-state index in [1.54, 1.807) is 23.1 Å². The maximum Gasteiger partial charge on any atom is 0.255 e. The number of rotatable bonds is 9. The van der Waals surface area contributed by atoms with Gasteiger partial charge in [0.05, 0.1) is 38.4 Å². The van der Waals surface area contributed by atoms with Crippen molar-refractivity contribution in [3.05, 3.63) is 64.7 Å². The first-order valence-corrected chi connectivity index (χ1v) is 11.8. The number of carbonyl (C=O) groups is 2. The SMILES string of the molecule is COc1cc(CC(=O)N2CCOCC2)ccc1C(=O)NC[C@@H](O)CNC1Cc2ccccc2C1. The van der Waals surface area contributed by atoms with Crippen molar-refractivity contribution in [3.63, 3.8) is 0 Å². The largest absolute Gasteiger partial charge is 0.496 e. The topological polar surface area (TPSA) is 100 Å². The molecule has 0 bridgehead atoms. The molecular formula is C26H33N3O5. The van der Waals surface area contributed by atoms with E-state index in [-0.39, 0.29) is 24.8 Å². The summed E-state index contributed by atoms with van der Waals surface area (Å²) in [7, 11) is 1.50. The summed E-state index contributed by atoms with van der Waals surface area (Å²) in [5.74, 6) is 0.111. The Hall–Kier alpha value is -2.94. The Bertz CT molecular complexity index is 981. The number of fused-ring (bicyclic) bond motifs is 1. The quantitative estimate of drug-likeness (QED) is 0.508. The molecule has 0 aromatic heterocycles. The lowest BCUT2D eigenvalue weighted by Gasteiger charge is -2.27. The van der Waals surface area contributed by atoms with Crippen molar-refractivity contribution in [2.75, 3.05) is 46.5 Å². The fraction of sp³-hybridized carbons (Fsp3) is 0.462. The van der Waals surface area contributed by atoms with Gasteiger partial charge in [0, 0.05) is 32.2 Å². The van der Waals surface area contributed by atoms with Crippen LogP contribution < -0.4 is 15.4 Å². The molecule has 0 radical (unpaired) electrons. The number of benzene rings is 2. The molecule has 1 aliphatic heterocycles. The number of amides is 2. The predicted octanol–water partition coefficient (Wildman–Crippen LogP) is 0.944. The molecule has 4 rings (SSSR count). The minimum Gasteiger partial charge on any atom is -0.496 e. The third-order valence-electron chi connectivity index (χ3n) is 6.42. The van der Waals surface area contributed by atoms with Crippen molar-refractivity contribution in [2.24, 2.45) is 0 Å². The minimum absolute atomic E-state index is 0.0311. The van der Waals surface area contributed by atoms with Crippen LogP contribution in [0, 0.1) is 0 Å². The summed E-state index contributed by atoms with van der Waals surface area (Å²) in [5.41, 5.74) is 3.86. The summed E-state index contributed by atoms with van der Waals surface area (Å²) in [6, 6.07) is 13.8. The second-order valence-corrected chi connectivity index (χ2v) is 8.85. The molecule has 2 aromatic carbocycles.